The molecule has 0 atom stereocenters. The number of hydrogen-bond donors (Lipinski definition) is 0. The summed E-state index contributed by atoms with van der Waals surface area (Å²) in [6.45, 7) is 2.18. The molecule has 0 fully saturated rings. The number of nitrogens with zero attached hydrogens (tertiary/aromatic N) is 2. The number of benzene rings is 4. The molecule has 0 aliphatic heterocycles. The highest BCUT2D eigenvalue weighted by atomic mass is 15.1. The van der Waals surface area contributed by atoms with Crippen LogP contribution in [-0.4, -0.2) is 10.2 Å². The molecule has 5 rings (SSSR count). The average molecular weight is 346 g/mol. The zero-order chi connectivity index (χ0) is 18.2. The fraction of sp³-hybridized carbons (Fsp3) is 0.0400. The normalized spacial score (nSPS) is 11.1. The summed E-state index contributed by atoms with van der Waals surface area (Å²) in [4.78, 5) is 0. The summed E-state index contributed by atoms with van der Waals surface area (Å²) in [5, 5.41) is 14.1. The minimum atomic E-state index is 0.891. The monoisotopic (exact) mass is 346 g/mol. The summed E-state index contributed by atoms with van der Waals surface area (Å²) in [5.74, 6) is 0. The second-order valence-corrected chi connectivity index (χ2v) is 6.76. The lowest BCUT2D eigenvalue weighted by molar-refractivity contribution is 1.04. The van der Waals surface area contributed by atoms with Gasteiger partial charge in [0.2, 0.25) is 0 Å². The van der Waals surface area contributed by atoms with Gasteiger partial charge in [-0.1, -0.05) is 78.9 Å². The van der Waals surface area contributed by atoms with Gasteiger partial charge in [-0.3, -0.25) is 0 Å². The minimum absolute atomic E-state index is 0.891. The number of rotatable bonds is 2. The predicted octanol–water partition coefficient (Wildman–Crippen LogP) is 6.43. The van der Waals surface area contributed by atoms with Gasteiger partial charge in [-0.25, -0.2) is 0 Å². The molecule has 0 saturated carbocycles. The second-order valence-electron chi connectivity index (χ2n) is 6.76. The zero-order valence-corrected chi connectivity index (χ0v) is 15.1. The first kappa shape index (κ1) is 15.7. The van der Waals surface area contributed by atoms with E-state index in [4.69, 9.17) is 0 Å². The summed E-state index contributed by atoms with van der Waals surface area (Å²) in [6.07, 6.45) is 0. The second kappa shape index (κ2) is 6.33. The molecule has 0 amide bonds. The molecule has 2 heteroatoms. The first-order chi connectivity index (χ1) is 13.3. The van der Waals surface area contributed by atoms with Crippen molar-refractivity contribution in [3.63, 3.8) is 0 Å². The van der Waals surface area contributed by atoms with Gasteiger partial charge in [0.1, 0.15) is 0 Å². The van der Waals surface area contributed by atoms with Crippen LogP contribution in [0.5, 0.6) is 0 Å². The molecule has 0 radical (unpaired) electrons. The van der Waals surface area contributed by atoms with Crippen molar-refractivity contribution < 1.29 is 0 Å². The molecule has 128 valence electrons. The smallest absolute Gasteiger partial charge is 0.0939 e. The topological polar surface area (TPSA) is 25.8 Å². The molecule has 0 unspecified atom stereocenters. The Kier molecular flexibility index (Phi) is 3.68. The van der Waals surface area contributed by atoms with Gasteiger partial charge in [-0.05, 0) is 46.2 Å². The van der Waals surface area contributed by atoms with E-state index >= 15 is 0 Å². The molecule has 0 N–H and O–H groups in total. The first-order valence-corrected chi connectivity index (χ1v) is 9.12. The molecular weight excluding hydrogens is 328 g/mol. The molecule has 0 spiro atoms. The van der Waals surface area contributed by atoms with E-state index in [1.165, 1.54) is 27.1 Å². The van der Waals surface area contributed by atoms with Crippen LogP contribution in [0.15, 0.2) is 91.0 Å². The van der Waals surface area contributed by atoms with Crippen LogP contribution in [0.3, 0.4) is 0 Å². The Hall–Kier alpha value is -3.52. The van der Waals surface area contributed by atoms with E-state index in [-0.39, 0.29) is 0 Å². The van der Waals surface area contributed by atoms with Gasteiger partial charge in [0.05, 0.1) is 11.4 Å². The Balaban J connectivity index is 1.76. The van der Waals surface area contributed by atoms with Crippen molar-refractivity contribution in [1.82, 2.24) is 10.2 Å². The van der Waals surface area contributed by atoms with Gasteiger partial charge in [-0.2, -0.15) is 0 Å². The fourth-order valence-corrected chi connectivity index (χ4v) is 3.88. The molecule has 5 aromatic rings. The fourth-order valence-electron chi connectivity index (χ4n) is 3.88. The van der Waals surface area contributed by atoms with Gasteiger partial charge in [-0.15, -0.1) is 10.2 Å². The Labute approximate surface area is 158 Å². The van der Waals surface area contributed by atoms with E-state index in [0.717, 1.165) is 22.5 Å². The quantitative estimate of drug-likeness (QED) is 0.344. The maximum absolute atomic E-state index is 4.59. The van der Waals surface area contributed by atoms with Gasteiger partial charge in [0, 0.05) is 11.1 Å². The first-order valence-electron chi connectivity index (χ1n) is 9.12. The van der Waals surface area contributed by atoms with Gasteiger partial charge in [0.25, 0.3) is 0 Å². The van der Waals surface area contributed by atoms with Crippen LogP contribution in [0, 0.1) is 6.92 Å². The van der Waals surface area contributed by atoms with E-state index in [9.17, 15) is 0 Å². The average Bonchev–Trinajstić information content (AvgIpc) is 2.75. The third-order valence-electron chi connectivity index (χ3n) is 5.18. The van der Waals surface area contributed by atoms with Crippen LogP contribution < -0.4 is 0 Å². The number of aromatic nitrogens is 2. The Morgan fingerprint density at radius 2 is 1.00 bits per heavy atom. The molecule has 27 heavy (non-hydrogen) atoms. The van der Waals surface area contributed by atoms with Crippen molar-refractivity contribution in [3.8, 4) is 22.5 Å². The van der Waals surface area contributed by atoms with Gasteiger partial charge >= 0.3 is 0 Å². The van der Waals surface area contributed by atoms with Crippen LogP contribution in [0.1, 0.15) is 5.56 Å². The van der Waals surface area contributed by atoms with Crippen molar-refractivity contribution in [2.75, 3.05) is 0 Å². The highest BCUT2D eigenvalue weighted by Gasteiger charge is 2.14. The third kappa shape index (κ3) is 2.58. The van der Waals surface area contributed by atoms with Crippen LogP contribution in [0.4, 0.5) is 0 Å². The molecule has 2 nitrogen and oxygen atoms in total. The third-order valence-corrected chi connectivity index (χ3v) is 5.18. The Morgan fingerprint density at radius 1 is 0.481 bits per heavy atom. The zero-order valence-electron chi connectivity index (χ0n) is 15.1. The van der Waals surface area contributed by atoms with Crippen molar-refractivity contribution in [3.05, 3.63) is 96.6 Å². The lowest BCUT2D eigenvalue weighted by Crippen LogP contribution is -1.95. The van der Waals surface area contributed by atoms with E-state index in [1.807, 2.05) is 18.2 Å². The van der Waals surface area contributed by atoms with Crippen molar-refractivity contribution in [1.29, 1.82) is 0 Å². The summed E-state index contributed by atoms with van der Waals surface area (Å²) in [5.41, 5.74) is 5.29. The standard InChI is InChI=1S/C25H18N2/c1-17-19-11-5-6-12-20(19)21-13-7-8-14-22(21)25(17)24-16-15-23(26-27-24)18-9-3-2-4-10-18/h2-16H,1H3. The van der Waals surface area contributed by atoms with Gasteiger partial charge in [0.15, 0.2) is 0 Å². The maximum atomic E-state index is 4.59. The largest absolute Gasteiger partial charge is 0.150 e. The van der Waals surface area contributed by atoms with E-state index in [2.05, 4.69) is 89.9 Å². The lowest BCUT2D eigenvalue weighted by Gasteiger charge is -2.14. The van der Waals surface area contributed by atoms with Crippen molar-refractivity contribution in [2.24, 2.45) is 0 Å². The Morgan fingerprint density at radius 3 is 1.67 bits per heavy atom. The molecule has 0 aliphatic rings. The number of aryl methyl sites for hydroxylation is 1. The van der Waals surface area contributed by atoms with Crippen LogP contribution in [-0.2, 0) is 0 Å². The van der Waals surface area contributed by atoms with E-state index in [0.29, 0.717) is 0 Å². The molecule has 4 aromatic carbocycles. The minimum Gasteiger partial charge on any atom is -0.150 e. The lowest BCUT2D eigenvalue weighted by atomic mass is 9.91. The SMILES string of the molecule is Cc1c(-c2ccc(-c3ccccc3)nn2)c2ccccc2c2ccccc12. The molecule has 1 heterocycles. The summed E-state index contributed by atoms with van der Waals surface area (Å²) < 4.78 is 0. The number of fused-ring (bicyclic) bond motifs is 3. The molecule has 0 aliphatic carbocycles. The summed E-state index contributed by atoms with van der Waals surface area (Å²) in [7, 11) is 0. The molecular formula is C25H18N2. The van der Waals surface area contributed by atoms with Crippen molar-refractivity contribution in [2.45, 2.75) is 6.92 Å². The van der Waals surface area contributed by atoms with Crippen LogP contribution >= 0.6 is 0 Å². The summed E-state index contributed by atoms with van der Waals surface area (Å²) in [6, 6.07) is 31.4. The van der Waals surface area contributed by atoms with Gasteiger partial charge < -0.3 is 0 Å². The van der Waals surface area contributed by atoms with Crippen LogP contribution in [0.2, 0.25) is 0 Å². The molecule has 0 saturated heterocycles. The van der Waals surface area contributed by atoms with E-state index in [1.54, 1.807) is 0 Å². The molecule has 1 aromatic heterocycles. The summed E-state index contributed by atoms with van der Waals surface area (Å²) >= 11 is 0. The highest BCUT2D eigenvalue weighted by molar-refractivity contribution is 6.15. The maximum Gasteiger partial charge on any atom is 0.0939 e. The molecule has 0 bridgehead atoms. The van der Waals surface area contributed by atoms with Crippen LogP contribution in [0.25, 0.3) is 44.1 Å². The predicted molar refractivity (Wildman–Crippen MR) is 113 cm³/mol. The highest BCUT2D eigenvalue weighted by Crippen LogP contribution is 2.37. The van der Waals surface area contributed by atoms with Crippen molar-refractivity contribution >= 4 is 21.5 Å². The van der Waals surface area contributed by atoms with E-state index < -0.39 is 0 Å². The number of hydrogen-bond acceptors (Lipinski definition) is 2. The Bertz CT molecular complexity index is 1260.